The van der Waals surface area contributed by atoms with Gasteiger partial charge in [-0.25, -0.2) is 19.2 Å². The first-order chi connectivity index (χ1) is 21.6. The third-order valence-corrected chi connectivity index (χ3v) is 9.86. The predicted octanol–water partition coefficient (Wildman–Crippen LogP) is 6.88. The number of alkyl carbamates (subject to hydrolysis) is 2. The molecule has 2 atom stereocenters. The maximum atomic E-state index is 12.8. The molecule has 2 unspecified atom stereocenters. The zero-order valence-electron chi connectivity index (χ0n) is 28.9. The van der Waals surface area contributed by atoms with E-state index in [1.54, 1.807) is 13.8 Å². The van der Waals surface area contributed by atoms with Gasteiger partial charge in [0.1, 0.15) is 0 Å². The van der Waals surface area contributed by atoms with E-state index in [2.05, 4.69) is 44.6 Å². The van der Waals surface area contributed by atoms with Crippen LogP contribution in [0.3, 0.4) is 0 Å². The van der Waals surface area contributed by atoms with Crippen LogP contribution in [0.2, 0.25) is 0 Å². The molecule has 260 valence electrons. The van der Waals surface area contributed by atoms with E-state index in [1.165, 1.54) is 0 Å². The van der Waals surface area contributed by atoms with Crippen molar-refractivity contribution in [1.29, 1.82) is 0 Å². The maximum Gasteiger partial charge on any atom is 0.407 e. The summed E-state index contributed by atoms with van der Waals surface area (Å²) < 4.78 is 21.8. The molecule has 0 aromatic carbocycles. The second kappa shape index (κ2) is 17.2. The number of esters is 2. The van der Waals surface area contributed by atoms with Gasteiger partial charge in [0.2, 0.25) is 0 Å². The molecule has 10 heteroatoms. The van der Waals surface area contributed by atoms with Gasteiger partial charge in [-0.05, 0) is 119 Å². The SMILES string of the molecule is C=C(C)C(=O)OCC1CCC(COC(=O)NCC2(C)CC(NC(=O)OCC3CCC(COC(=O)C(=C)C)CC3)CC(C)(C)C2)CC1. The molecule has 3 fully saturated rings. The zero-order valence-corrected chi connectivity index (χ0v) is 28.9. The van der Waals surface area contributed by atoms with E-state index in [4.69, 9.17) is 18.9 Å². The predicted molar refractivity (Wildman–Crippen MR) is 176 cm³/mol. The van der Waals surface area contributed by atoms with E-state index in [0.29, 0.717) is 67.8 Å². The van der Waals surface area contributed by atoms with Gasteiger partial charge in [0.25, 0.3) is 0 Å². The number of amides is 2. The first kappa shape index (κ1) is 37.4. The Balaban J connectivity index is 1.33. The number of rotatable bonds is 13. The Hall–Kier alpha value is -3.04. The molecule has 3 rings (SSSR count). The minimum Gasteiger partial charge on any atom is -0.462 e. The number of carbonyl (C=O) groups excluding carboxylic acids is 4. The Morgan fingerprint density at radius 3 is 1.43 bits per heavy atom. The molecule has 2 N–H and O–H groups in total. The summed E-state index contributed by atoms with van der Waals surface area (Å²) in [6.45, 7) is 19.1. The lowest BCUT2D eigenvalue weighted by Gasteiger charge is -2.46. The molecule has 2 amide bonds. The van der Waals surface area contributed by atoms with Gasteiger partial charge in [-0.3, -0.25) is 0 Å². The Labute approximate surface area is 275 Å². The van der Waals surface area contributed by atoms with Crippen LogP contribution in [0.25, 0.3) is 0 Å². The van der Waals surface area contributed by atoms with Gasteiger partial charge in [-0.15, -0.1) is 0 Å². The molecule has 3 aliphatic carbocycles. The summed E-state index contributed by atoms with van der Waals surface area (Å²) in [5.41, 5.74) is 0.608. The summed E-state index contributed by atoms with van der Waals surface area (Å²) in [7, 11) is 0. The van der Waals surface area contributed by atoms with Crippen LogP contribution >= 0.6 is 0 Å². The highest BCUT2D eigenvalue weighted by Crippen LogP contribution is 2.46. The van der Waals surface area contributed by atoms with Crippen LogP contribution in [-0.4, -0.2) is 63.1 Å². The van der Waals surface area contributed by atoms with Crippen molar-refractivity contribution in [1.82, 2.24) is 10.6 Å². The van der Waals surface area contributed by atoms with Crippen molar-refractivity contribution >= 4 is 24.1 Å². The van der Waals surface area contributed by atoms with Gasteiger partial charge in [0, 0.05) is 23.7 Å². The van der Waals surface area contributed by atoms with Gasteiger partial charge >= 0.3 is 24.1 Å². The lowest BCUT2D eigenvalue weighted by atomic mass is 9.62. The van der Waals surface area contributed by atoms with Crippen molar-refractivity contribution in [3.8, 4) is 0 Å². The molecule has 10 nitrogen and oxygen atoms in total. The van der Waals surface area contributed by atoms with Crippen LogP contribution in [0.4, 0.5) is 9.59 Å². The van der Waals surface area contributed by atoms with Crippen molar-refractivity contribution in [3.05, 3.63) is 24.3 Å². The van der Waals surface area contributed by atoms with Crippen molar-refractivity contribution in [2.45, 2.75) is 111 Å². The molecule has 0 aliphatic heterocycles. The molecule has 0 heterocycles. The van der Waals surface area contributed by atoms with Gasteiger partial charge in [-0.2, -0.15) is 0 Å². The van der Waals surface area contributed by atoms with Gasteiger partial charge in [0.05, 0.1) is 26.4 Å². The smallest absolute Gasteiger partial charge is 0.407 e. The molecule has 0 bridgehead atoms. The monoisotopic (exact) mass is 646 g/mol. The number of nitrogens with one attached hydrogen (secondary N) is 2. The van der Waals surface area contributed by atoms with Gasteiger partial charge in [0.15, 0.2) is 0 Å². The summed E-state index contributed by atoms with van der Waals surface area (Å²) >= 11 is 0. The van der Waals surface area contributed by atoms with Crippen LogP contribution in [0.5, 0.6) is 0 Å². The maximum absolute atomic E-state index is 12.8. The normalized spacial score (nSPS) is 29.0. The van der Waals surface area contributed by atoms with E-state index >= 15 is 0 Å². The second-order valence-electron chi connectivity index (χ2n) is 15.5. The number of hydrogen-bond acceptors (Lipinski definition) is 8. The molecule has 0 aromatic rings. The third-order valence-electron chi connectivity index (χ3n) is 9.86. The lowest BCUT2D eigenvalue weighted by Crippen LogP contribution is -2.50. The van der Waals surface area contributed by atoms with Crippen molar-refractivity contribution in [3.63, 3.8) is 0 Å². The molecule has 0 spiro atoms. The molecule has 0 radical (unpaired) electrons. The summed E-state index contributed by atoms with van der Waals surface area (Å²) in [6.07, 6.45) is 9.22. The van der Waals surface area contributed by atoms with Gasteiger partial charge in [-0.1, -0.05) is 33.9 Å². The second-order valence-corrected chi connectivity index (χ2v) is 15.5. The van der Waals surface area contributed by atoms with E-state index in [9.17, 15) is 19.2 Å². The molecule has 0 aromatic heterocycles. The highest BCUT2D eigenvalue weighted by molar-refractivity contribution is 5.87. The number of hydrogen-bond donors (Lipinski definition) is 2. The molecule has 46 heavy (non-hydrogen) atoms. The fourth-order valence-electron chi connectivity index (χ4n) is 7.57. The average Bonchev–Trinajstić information content (AvgIpc) is 2.99. The molecule has 0 saturated heterocycles. The minimum absolute atomic E-state index is 0.0140. The Morgan fingerprint density at radius 2 is 1.02 bits per heavy atom. The summed E-state index contributed by atoms with van der Waals surface area (Å²) in [6, 6.07) is -0.0531. The molecule has 3 aliphatic rings. The fourth-order valence-corrected chi connectivity index (χ4v) is 7.57. The molecular formula is C36H58N2O8. The Kier molecular flexibility index (Phi) is 14.0. The Morgan fingerprint density at radius 1 is 0.630 bits per heavy atom. The van der Waals surface area contributed by atoms with E-state index in [1.807, 2.05) is 0 Å². The van der Waals surface area contributed by atoms with E-state index in [0.717, 1.165) is 70.6 Å². The van der Waals surface area contributed by atoms with Crippen LogP contribution in [0.15, 0.2) is 24.3 Å². The van der Waals surface area contributed by atoms with Crippen LogP contribution in [-0.2, 0) is 28.5 Å². The van der Waals surface area contributed by atoms with Crippen LogP contribution in [0.1, 0.15) is 105 Å². The van der Waals surface area contributed by atoms with Crippen LogP contribution in [0, 0.1) is 34.5 Å². The number of carbonyl (C=O) groups is 4. The third kappa shape index (κ3) is 13.0. The highest BCUT2D eigenvalue weighted by atomic mass is 16.6. The van der Waals surface area contributed by atoms with Crippen molar-refractivity contribution < 1.29 is 38.1 Å². The van der Waals surface area contributed by atoms with Crippen molar-refractivity contribution in [2.24, 2.45) is 34.5 Å². The largest absolute Gasteiger partial charge is 0.462 e. The quantitative estimate of drug-likeness (QED) is 0.126. The minimum atomic E-state index is -0.408. The summed E-state index contributed by atoms with van der Waals surface area (Å²) in [5, 5.41) is 6.08. The Bertz CT molecular complexity index is 1090. The summed E-state index contributed by atoms with van der Waals surface area (Å²) in [5.74, 6) is 0.617. The first-order valence-corrected chi connectivity index (χ1v) is 17.1. The topological polar surface area (TPSA) is 129 Å². The highest BCUT2D eigenvalue weighted by Gasteiger charge is 2.42. The van der Waals surface area contributed by atoms with Crippen molar-refractivity contribution in [2.75, 3.05) is 33.0 Å². The standard InChI is InChI=1S/C36H58N2O8/c1-24(2)31(39)43-18-26-8-12-28(13-9-26)20-45-33(41)37-23-36(7)17-30(16-35(5,6)22-36)38-34(42)46-21-29-14-10-27(11-15-29)19-44-32(40)25(3)4/h26-30H,1,3,8-23H2,2,4-7H3,(H,37,41)(H,38,42). The molecular weight excluding hydrogens is 588 g/mol. The lowest BCUT2D eigenvalue weighted by molar-refractivity contribution is -0.141. The number of ether oxygens (including phenoxy) is 4. The van der Waals surface area contributed by atoms with Crippen LogP contribution < -0.4 is 10.6 Å². The summed E-state index contributed by atoms with van der Waals surface area (Å²) in [4.78, 5) is 48.7. The average molecular weight is 647 g/mol. The molecule has 3 saturated carbocycles. The van der Waals surface area contributed by atoms with E-state index in [-0.39, 0.29) is 28.8 Å². The first-order valence-electron chi connectivity index (χ1n) is 17.1. The van der Waals surface area contributed by atoms with Gasteiger partial charge < -0.3 is 29.6 Å². The zero-order chi connectivity index (χ0) is 33.9. The fraction of sp³-hybridized carbons (Fsp3) is 0.778. The van der Waals surface area contributed by atoms with E-state index < -0.39 is 12.2 Å².